The minimum absolute atomic E-state index is 0.0247. The fourth-order valence-electron chi connectivity index (χ4n) is 3.06. The molecule has 6 heteroatoms. The number of likely N-dealkylation sites (tertiary alicyclic amines) is 1. The van der Waals surface area contributed by atoms with E-state index >= 15 is 0 Å². The summed E-state index contributed by atoms with van der Waals surface area (Å²) in [4.78, 5) is 25.5. The van der Waals surface area contributed by atoms with Crippen molar-refractivity contribution in [1.29, 1.82) is 0 Å². The lowest BCUT2D eigenvalue weighted by atomic mass is 10.1. The topological polar surface area (TPSA) is 61.4 Å². The summed E-state index contributed by atoms with van der Waals surface area (Å²) in [7, 11) is 0. The van der Waals surface area contributed by atoms with E-state index in [2.05, 4.69) is 15.5 Å². The summed E-state index contributed by atoms with van der Waals surface area (Å²) in [5, 5.41) is 6.40. The number of carbonyl (C=O) groups excluding carboxylic acids is 2. The molecular formula is C17H24ClN3O2. The zero-order valence-corrected chi connectivity index (χ0v) is 14.7. The van der Waals surface area contributed by atoms with E-state index in [1.807, 2.05) is 26.0 Å². The van der Waals surface area contributed by atoms with Crippen LogP contribution in [0.3, 0.4) is 0 Å². The van der Waals surface area contributed by atoms with Gasteiger partial charge in [0.25, 0.3) is 0 Å². The maximum atomic E-state index is 12.3. The molecule has 2 amide bonds. The lowest BCUT2D eigenvalue weighted by molar-refractivity contribution is -0.120. The van der Waals surface area contributed by atoms with Crippen LogP contribution in [0.4, 0.5) is 5.69 Å². The number of aryl methyl sites for hydroxylation is 2. The number of hydrogen-bond acceptors (Lipinski definition) is 3. The highest BCUT2D eigenvalue weighted by Crippen LogP contribution is 2.27. The van der Waals surface area contributed by atoms with Gasteiger partial charge in [0.1, 0.15) is 0 Å². The zero-order chi connectivity index (χ0) is 17.0. The van der Waals surface area contributed by atoms with Crippen LogP contribution in [0.25, 0.3) is 0 Å². The maximum absolute atomic E-state index is 12.3. The van der Waals surface area contributed by atoms with Gasteiger partial charge in [-0.25, -0.2) is 0 Å². The molecule has 5 nitrogen and oxygen atoms in total. The number of rotatable bonds is 4. The number of piperidine rings is 1. The van der Waals surface area contributed by atoms with Gasteiger partial charge in [0.2, 0.25) is 11.8 Å². The minimum Gasteiger partial charge on any atom is -0.352 e. The average Bonchev–Trinajstić information content (AvgIpc) is 2.42. The average molecular weight is 338 g/mol. The van der Waals surface area contributed by atoms with E-state index in [4.69, 9.17) is 11.6 Å². The summed E-state index contributed by atoms with van der Waals surface area (Å²) >= 11 is 6.23. The third-order valence-corrected chi connectivity index (χ3v) is 4.27. The van der Waals surface area contributed by atoms with Gasteiger partial charge < -0.3 is 10.6 Å². The van der Waals surface area contributed by atoms with Crippen molar-refractivity contribution < 1.29 is 9.59 Å². The summed E-state index contributed by atoms with van der Waals surface area (Å²) in [5.74, 6) is -0.106. The summed E-state index contributed by atoms with van der Waals surface area (Å²) < 4.78 is 0. The Morgan fingerprint density at radius 1 is 1.35 bits per heavy atom. The Kier molecular flexibility index (Phi) is 6.02. The van der Waals surface area contributed by atoms with Crippen molar-refractivity contribution in [1.82, 2.24) is 10.2 Å². The molecule has 1 heterocycles. The quantitative estimate of drug-likeness (QED) is 0.887. The Hall–Kier alpha value is -1.59. The van der Waals surface area contributed by atoms with Gasteiger partial charge in [-0.1, -0.05) is 17.7 Å². The largest absolute Gasteiger partial charge is 0.352 e. The number of anilines is 1. The number of nitrogens with one attached hydrogen (secondary N) is 2. The molecule has 1 unspecified atom stereocenters. The molecule has 1 aliphatic rings. The summed E-state index contributed by atoms with van der Waals surface area (Å²) in [6.07, 6.45) is 1.93. The van der Waals surface area contributed by atoms with E-state index < -0.39 is 0 Å². The molecule has 0 bridgehead atoms. The first-order valence-electron chi connectivity index (χ1n) is 7.91. The number of hydrogen-bond donors (Lipinski definition) is 2. The highest BCUT2D eigenvalue weighted by atomic mass is 35.5. The third-order valence-electron chi connectivity index (χ3n) is 3.98. The monoisotopic (exact) mass is 337 g/mol. The van der Waals surface area contributed by atoms with Crippen molar-refractivity contribution in [3.8, 4) is 0 Å². The molecule has 1 aromatic carbocycles. The summed E-state index contributed by atoms with van der Waals surface area (Å²) in [6.45, 7) is 7.30. The Labute approximate surface area is 142 Å². The smallest absolute Gasteiger partial charge is 0.238 e. The number of carbonyl (C=O) groups is 2. The Morgan fingerprint density at radius 3 is 2.74 bits per heavy atom. The van der Waals surface area contributed by atoms with E-state index in [0.717, 1.165) is 30.5 Å². The van der Waals surface area contributed by atoms with E-state index in [-0.39, 0.29) is 17.9 Å². The van der Waals surface area contributed by atoms with Gasteiger partial charge in [-0.05, 0) is 50.4 Å². The maximum Gasteiger partial charge on any atom is 0.238 e. The van der Waals surface area contributed by atoms with Gasteiger partial charge in [0.05, 0.1) is 17.3 Å². The number of nitrogens with zero attached hydrogens (tertiary/aromatic N) is 1. The number of amides is 2. The summed E-state index contributed by atoms with van der Waals surface area (Å²) in [6, 6.07) is 3.96. The van der Waals surface area contributed by atoms with Gasteiger partial charge in [-0.15, -0.1) is 0 Å². The van der Waals surface area contributed by atoms with Gasteiger partial charge in [0, 0.05) is 19.5 Å². The second-order valence-electron chi connectivity index (χ2n) is 6.26. The van der Waals surface area contributed by atoms with E-state index in [1.54, 1.807) is 0 Å². The molecule has 2 N–H and O–H groups in total. The fourth-order valence-corrected chi connectivity index (χ4v) is 3.43. The van der Waals surface area contributed by atoms with Crippen LogP contribution in [0.5, 0.6) is 0 Å². The molecular weight excluding hydrogens is 314 g/mol. The lowest BCUT2D eigenvalue weighted by Gasteiger charge is -2.32. The summed E-state index contributed by atoms with van der Waals surface area (Å²) in [5.41, 5.74) is 2.70. The Balaban J connectivity index is 1.93. The van der Waals surface area contributed by atoms with Crippen molar-refractivity contribution in [2.45, 2.75) is 39.7 Å². The molecule has 0 aromatic heterocycles. The van der Waals surface area contributed by atoms with Crippen molar-refractivity contribution in [3.63, 3.8) is 0 Å². The van der Waals surface area contributed by atoms with E-state index in [0.29, 0.717) is 23.8 Å². The highest BCUT2D eigenvalue weighted by Gasteiger charge is 2.22. The van der Waals surface area contributed by atoms with Gasteiger partial charge in [-0.3, -0.25) is 14.5 Å². The molecule has 126 valence electrons. The van der Waals surface area contributed by atoms with Crippen LogP contribution < -0.4 is 10.6 Å². The van der Waals surface area contributed by atoms with E-state index in [1.165, 1.54) is 6.92 Å². The predicted octanol–water partition coefficient (Wildman–Crippen LogP) is 2.50. The first kappa shape index (κ1) is 17.8. The normalized spacial score (nSPS) is 18.5. The van der Waals surface area contributed by atoms with Crippen LogP contribution in [-0.2, 0) is 9.59 Å². The molecule has 0 spiro atoms. The number of halogens is 1. The molecule has 1 fully saturated rings. The van der Waals surface area contributed by atoms with Gasteiger partial charge in [-0.2, -0.15) is 0 Å². The van der Waals surface area contributed by atoms with Crippen LogP contribution in [0.2, 0.25) is 5.02 Å². The van der Waals surface area contributed by atoms with Crippen LogP contribution >= 0.6 is 11.6 Å². The number of benzene rings is 1. The first-order valence-corrected chi connectivity index (χ1v) is 8.29. The molecule has 0 saturated carbocycles. The Bertz CT molecular complexity index is 580. The van der Waals surface area contributed by atoms with Crippen molar-refractivity contribution in [2.24, 2.45) is 0 Å². The van der Waals surface area contributed by atoms with Crippen molar-refractivity contribution in [3.05, 3.63) is 28.3 Å². The van der Waals surface area contributed by atoms with Crippen molar-refractivity contribution >= 4 is 29.1 Å². The molecule has 0 aliphatic carbocycles. The molecule has 1 aromatic rings. The van der Waals surface area contributed by atoms with Gasteiger partial charge >= 0.3 is 0 Å². The standard InChI is InChI=1S/C17H24ClN3O2/c1-11-7-12(2)17(15(18)8-11)20-16(23)10-21-6-4-5-14(9-21)19-13(3)22/h7-8,14H,4-6,9-10H2,1-3H3,(H,19,22)(H,20,23). The molecule has 1 saturated heterocycles. The van der Waals surface area contributed by atoms with E-state index in [9.17, 15) is 9.59 Å². The molecule has 1 atom stereocenters. The molecule has 1 aliphatic heterocycles. The Morgan fingerprint density at radius 2 is 2.09 bits per heavy atom. The van der Waals surface area contributed by atoms with Crippen LogP contribution in [0.1, 0.15) is 30.9 Å². The SMILES string of the molecule is CC(=O)NC1CCCN(CC(=O)Nc2c(C)cc(C)cc2Cl)C1. The highest BCUT2D eigenvalue weighted by molar-refractivity contribution is 6.34. The minimum atomic E-state index is -0.0812. The third kappa shape index (κ3) is 5.22. The lowest BCUT2D eigenvalue weighted by Crippen LogP contribution is -2.49. The van der Waals surface area contributed by atoms with Crippen LogP contribution in [0.15, 0.2) is 12.1 Å². The predicted molar refractivity (Wildman–Crippen MR) is 92.8 cm³/mol. The van der Waals surface area contributed by atoms with Crippen LogP contribution in [-0.4, -0.2) is 42.4 Å². The second kappa shape index (κ2) is 7.79. The zero-order valence-electron chi connectivity index (χ0n) is 13.9. The van der Waals surface area contributed by atoms with Crippen LogP contribution in [0, 0.1) is 13.8 Å². The van der Waals surface area contributed by atoms with Crippen molar-refractivity contribution in [2.75, 3.05) is 25.0 Å². The molecule has 0 radical (unpaired) electrons. The fraction of sp³-hybridized carbons (Fsp3) is 0.529. The first-order chi connectivity index (χ1) is 10.8. The molecule has 23 heavy (non-hydrogen) atoms. The van der Waals surface area contributed by atoms with Gasteiger partial charge in [0.15, 0.2) is 0 Å². The molecule has 2 rings (SSSR count). The second-order valence-corrected chi connectivity index (χ2v) is 6.67.